The lowest BCUT2D eigenvalue weighted by Crippen LogP contribution is -2.53. The standard InChI is InChI=1S/C17H22FN3O5S/c18-13-4-1-2-6-15(13)27(25,26)21-10-8-19(9-11-21)16(22)12-20-7-3-5-14(20)17(23)24/h1-2,4,6,14H,3,5,7-12H2,(H,23,24)/t14-/m0/s1. The summed E-state index contributed by atoms with van der Waals surface area (Å²) < 4.78 is 40.2. The highest BCUT2D eigenvalue weighted by Crippen LogP contribution is 2.21. The van der Waals surface area contributed by atoms with Crippen molar-refractivity contribution in [1.29, 1.82) is 0 Å². The Labute approximate surface area is 157 Å². The number of carbonyl (C=O) groups excluding carboxylic acids is 1. The van der Waals surface area contributed by atoms with E-state index in [1.165, 1.54) is 27.4 Å². The molecule has 0 aromatic heterocycles. The topological polar surface area (TPSA) is 98.2 Å². The van der Waals surface area contributed by atoms with Gasteiger partial charge in [-0.3, -0.25) is 14.5 Å². The van der Waals surface area contributed by atoms with Crippen molar-refractivity contribution in [1.82, 2.24) is 14.1 Å². The van der Waals surface area contributed by atoms with E-state index < -0.39 is 27.9 Å². The van der Waals surface area contributed by atoms with E-state index in [0.29, 0.717) is 13.0 Å². The van der Waals surface area contributed by atoms with Crippen molar-refractivity contribution in [2.75, 3.05) is 39.3 Å². The van der Waals surface area contributed by atoms with Crippen LogP contribution in [0.4, 0.5) is 4.39 Å². The van der Waals surface area contributed by atoms with E-state index in [4.69, 9.17) is 0 Å². The van der Waals surface area contributed by atoms with Gasteiger partial charge in [0.25, 0.3) is 0 Å². The van der Waals surface area contributed by atoms with Crippen molar-refractivity contribution >= 4 is 21.9 Å². The van der Waals surface area contributed by atoms with Crippen LogP contribution in [0.25, 0.3) is 0 Å². The molecule has 27 heavy (non-hydrogen) atoms. The van der Waals surface area contributed by atoms with E-state index in [2.05, 4.69) is 0 Å². The van der Waals surface area contributed by atoms with Gasteiger partial charge in [-0.2, -0.15) is 4.31 Å². The number of hydrogen-bond acceptors (Lipinski definition) is 5. The third-order valence-corrected chi connectivity index (χ3v) is 6.96. The monoisotopic (exact) mass is 399 g/mol. The van der Waals surface area contributed by atoms with Crippen LogP contribution in [-0.4, -0.2) is 84.8 Å². The first-order valence-corrected chi connectivity index (χ1v) is 10.2. The number of amides is 1. The molecule has 1 atom stereocenters. The van der Waals surface area contributed by atoms with Crippen molar-refractivity contribution in [3.05, 3.63) is 30.1 Å². The predicted molar refractivity (Wildman–Crippen MR) is 94.0 cm³/mol. The van der Waals surface area contributed by atoms with Gasteiger partial charge in [-0.25, -0.2) is 12.8 Å². The first kappa shape index (κ1) is 19.7. The van der Waals surface area contributed by atoms with Crippen LogP contribution in [0.15, 0.2) is 29.2 Å². The normalized spacial score (nSPS) is 22.1. The van der Waals surface area contributed by atoms with E-state index in [0.717, 1.165) is 12.5 Å². The van der Waals surface area contributed by atoms with E-state index in [-0.39, 0.29) is 43.5 Å². The van der Waals surface area contributed by atoms with Gasteiger partial charge in [0, 0.05) is 26.2 Å². The van der Waals surface area contributed by atoms with Crippen molar-refractivity contribution in [2.24, 2.45) is 0 Å². The highest BCUT2D eigenvalue weighted by molar-refractivity contribution is 7.89. The van der Waals surface area contributed by atoms with Crippen LogP contribution in [0.2, 0.25) is 0 Å². The van der Waals surface area contributed by atoms with Crippen LogP contribution in [0, 0.1) is 5.82 Å². The molecule has 1 aromatic rings. The number of benzene rings is 1. The Morgan fingerprint density at radius 1 is 1.11 bits per heavy atom. The van der Waals surface area contributed by atoms with Gasteiger partial charge in [-0.05, 0) is 31.5 Å². The Balaban J connectivity index is 1.59. The fourth-order valence-electron chi connectivity index (χ4n) is 3.54. The van der Waals surface area contributed by atoms with Gasteiger partial charge in [0.15, 0.2) is 0 Å². The smallest absolute Gasteiger partial charge is 0.320 e. The molecule has 2 saturated heterocycles. The predicted octanol–water partition coefficient (Wildman–Crippen LogP) is 0.208. The molecule has 0 saturated carbocycles. The minimum Gasteiger partial charge on any atom is -0.480 e. The van der Waals surface area contributed by atoms with Crippen molar-refractivity contribution < 1.29 is 27.5 Å². The molecule has 2 heterocycles. The zero-order valence-corrected chi connectivity index (χ0v) is 15.6. The number of carboxylic acids is 1. The number of nitrogens with zero attached hydrogens (tertiary/aromatic N) is 3. The Kier molecular flexibility index (Phi) is 5.78. The van der Waals surface area contributed by atoms with Crippen LogP contribution in [0.5, 0.6) is 0 Å². The van der Waals surface area contributed by atoms with Gasteiger partial charge in [0.05, 0.1) is 6.54 Å². The summed E-state index contributed by atoms with van der Waals surface area (Å²) >= 11 is 0. The summed E-state index contributed by atoms with van der Waals surface area (Å²) in [5, 5.41) is 9.19. The average molecular weight is 399 g/mol. The molecule has 3 rings (SSSR count). The maximum absolute atomic E-state index is 13.9. The average Bonchev–Trinajstić information content (AvgIpc) is 3.10. The number of carbonyl (C=O) groups is 2. The highest BCUT2D eigenvalue weighted by Gasteiger charge is 2.35. The van der Waals surface area contributed by atoms with Crippen LogP contribution >= 0.6 is 0 Å². The fourth-order valence-corrected chi connectivity index (χ4v) is 5.03. The lowest BCUT2D eigenvalue weighted by atomic mass is 10.2. The summed E-state index contributed by atoms with van der Waals surface area (Å²) in [5.41, 5.74) is 0. The Hall–Kier alpha value is -2.04. The quantitative estimate of drug-likeness (QED) is 0.760. The van der Waals surface area contributed by atoms with Crippen molar-refractivity contribution in [3.8, 4) is 0 Å². The summed E-state index contributed by atoms with van der Waals surface area (Å²) in [7, 11) is -3.95. The lowest BCUT2D eigenvalue weighted by molar-refractivity contribution is -0.143. The van der Waals surface area contributed by atoms with E-state index >= 15 is 0 Å². The van der Waals surface area contributed by atoms with Gasteiger partial charge >= 0.3 is 5.97 Å². The maximum atomic E-state index is 13.9. The second kappa shape index (κ2) is 7.91. The largest absolute Gasteiger partial charge is 0.480 e. The van der Waals surface area contributed by atoms with E-state index in [1.807, 2.05) is 0 Å². The highest BCUT2D eigenvalue weighted by atomic mass is 32.2. The molecule has 0 radical (unpaired) electrons. The molecular weight excluding hydrogens is 377 g/mol. The Morgan fingerprint density at radius 2 is 1.78 bits per heavy atom. The SMILES string of the molecule is O=C(O)[C@@H]1CCCN1CC(=O)N1CCN(S(=O)(=O)c2ccccc2F)CC1. The molecule has 2 aliphatic rings. The molecule has 1 N–H and O–H groups in total. The molecular formula is C17H22FN3O5S. The number of aliphatic carboxylic acids is 1. The van der Waals surface area contributed by atoms with Gasteiger partial charge in [-0.15, -0.1) is 0 Å². The first-order valence-electron chi connectivity index (χ1n) is 8.80. The molecule has 2 aliphatic heterocycles. The maximum Gasteiger partial charge on any atom is 0.320 e. The van der Waals surface area contributed by atoms with Gasteiger partial charge < -0.3 is 10.0 Å². The number of carboxylic acid groups (broad SMARTS) is 1. The molecule has 0 unspecified atom stereocenters. The second-order valence-electron chi connectivity index (χ2n) is 6.68. The van der Waals surface area contributed by atoms with E-state index in [1.54, 1.807) is 4.90 Å². The van der Waals surface area contributed by atoms with Crippen molar-refractivity contribution in [3.63, 3.8) is 0 Å². The molecule has 0 spiro atoms. The zero-order valence-electron chi connectivity index (χ0n) is 14.8. The third-order valence-electron chi connectivity index (χ3n) is 5.03. The minimum absolute atomic E-state index is 0.0109. The summed E-state index contributed by atoms with van der Waals surface area (Å²) in [6.45, 7) is 1.10. The molecule has 0 aliphatic carbocycles. The van der Waals surface area contributed by atoms with Gasteiger partial charge in [-0.1, -0.05) is 12.1 Å². The molecule has 8 nitrogen and oxygen atoms in total. The molecule has 2 fully saturated rings. The Morgan fingerprint density at radius 3 is 2.41 bits per heavy atom. The minimum atomic E-state index is -3.95. The number of rotatable bonds is 5. The molecule has 1 amide bonds. The molecule has 0 bridgehead atoms. The van der Waals surface area contributed by atoms with Crippen LogP contribution in [-0.2, 0) is 19.6 Å². The molecule has 1 aromatic carbocycles. The van der Waals surface area contributed by atoms with Crippen LogP contribution in [0.3, 0.4) is 0 Å². The number of piperazine rings is 1. The Bertz CT molecular complexity index is 824. The van der Waals surface area contributed by atoms with Crippen LogP contribution in [0.1, 0.15) is 12.8 Å². The summed E-state index contributed by atoms with van der Waals surface area (Å²) in [6, 6.07) is 4.57. The van der Waals surface area contributed by atoms with Crippen molar-refractivity contribution in [2.45, 2.75) is 23.8 Å². The zero-order chi connectivity index (χ0) is 19.6. The number of halogens is 1. The number of hydrogen-bond donors (Lipinski definition) is 1. The third kappa shape index (κ3) is 4.12. The summed E-state index contributed by atoms with van der Waals surface area (Å²) in [5.74, 6) is -1.95. The summed E-state index contributed by atoms with van der Waals surface area (Å²) in [6.07, 6.45) is 1.26. The number of likely N-dealkylation sites (tertiary alicyclic amines) is 1. The van der Waals surface area contributed by atoms with Gasteiger partial charge in [0.2, 0.25) is 15.9 Å². The fraction of sp³-hybridized carbons (Fsp3) is 0.529. The number of sulfonamides is 1. The van der Waals surface area contributed by atoms with Crippen LogP contribution < -0.4 is 0 Å². The first-order chi connectivity index (χ1) is 12.8. The van der Waals surface area contributed by atoms with E-state index in [9.17, 15) is 27.5 Å². The molecule has 148 valence electrons. The molecule has 10 heteroatoms. The van der Waals surface area contributed by atoms with Gasteiger partial charge in [0.1, 0.15) is 16.8 Å². The lowest BCUT2D eigenvalue weighted by Gasteiger charge is -2.35. The second-order valence-corrected chi connectivity index (χ2v) is 8.59. The summed E-state index contributed by atoms with van der Waals surface area (Å²) in [4.78, 5) is 26.5.